The van der Waals surface area contributed by atoms with Gasteiger partial charge in [0.15, 0.2) is 0 Å². The van der Waals surface area contributed by atoms with Gasteiger partial charge < -0.3 is 4.74 Å². The van der Waals surface area contributed by atoms with Crippen molar-refractivity contribution in [2.24, 2.45) is 0 Å². The smallest absolute Gasteiger partial charge is 0.334 e. The van der Waals surface area contributed by atoms with Crippen LogP contribution in [-0.2, 0) is 11.3 Å². The van der Waals surface area contributed by atoms with E-state index in [0.29, 0.717) is 13.2 Å². The van der Waals surface area contributed by atoms with E-state index in [2.05, 4.69) is 45.0 Å². The summed E-state index contributed by atoms with van der Waals surface area (Å²) in [4.78, 5) is 8.55. The number of ether oxygens (including phenoxy) is 1. The zero-order valence-corrected chi connectivity index (χ0v) is 11.1. The number of piperazine rings is 1. The molecule has 2 aliphatic rings. The molecule has 1 aromatic rings. The molecule has 0 aromatic heterocycles. The van der Waals surface area contributed by atoms with Crippen LogP contribution in [0.4, 0.5) is 0 Å². The summed E-state index contributed by atoms with van der Waals surface area (Å²) in [5.41, 5.74) is 1.02. The second kappa shape index (κ2) is 5.30. The molecule has 0 spiro atoms. The van der Waals surface area contributed by atoms with Crippen LogP contribution in [0.2, 0.25) is 0 Å². The number of nitrogens with zero attached hydrogens (tertiary/aromatic N) is 3. The Morgan fingerprint density at radius 2 is 1.79 bits per heavy atom. The van der Waals surface area contributed by atoms with Crippen LogP contribution in [0.1, 0.15) is 5.56 Å². The van der Waals surface area contributed by atoms with E-state index in [1.165, 1.54) is 5.56 Å². The van der Waals surface area contributed by atoms with Crippen molar-refractivity contribution in [3.63, 3.8) is 0 Å². The number of hydrogen-bond acceptors (Lipinski definition) is 3. The minimum absolute atomic E-state index is 0.348. The third kappa shape index (κ3) is 2.50. The minimum Gasteiger partial charge on any atom is -0.361 e. The Balaban J connectivity index is 1.54. The lowest BCUT2D eigenvalue weighted by Gasteiger charge is -2.43. The highest BCUT2D eigenvalue weighted by Gasteiger charge is 2.51. The second-order valence-electron chi connectivity index (χ2n) is 5.34. The maximum Gasteiger partial charge on any atom is 0.334 e. The van der Waals surface area contributed by atoms with Gasteiger partial charge in [0.2, 0.25) is 0 Å². The molecule has 4 nitrogen and oxygen atoms in total. The highest BCUT2D eigenvalue weighted by molar-refractivity contribution is 5.14. The summed E-state index contributed by atoms with van der Waals surface area (Å²) in [6.07, 6.45) is 0. The molecule has 0 amide bonds. The Bertz CT molecular complexity index is 456. The number of hydrogen-bond donors (Lipinski definition) is 0. The molecule has 2 heterocycles. The summed E-state index contributed by atoms with van der Waals surface area (Å²) in [6.45, 7) is 13.5. The lowest BCUT2D eigenvalue weighted by atomic mass is 10.1. The van der Waals surface area contributed by atoms with Gasteiger partial charge in [-0.05, 0) is 5.56 Å². The predicted molar refractivity (Wildman–Crippen MR) is 73.4 cm³/mol. The van der Waals surface area contributed by atoms with Gasteiger partial charge in [-0.3, -0.25) is 9.74 Å². The van der Waals surface area contributed by atoms with Crippen molar-refractivity contribution in [2.75, 3.05) is 39.4 Å². The maximum atomic E-state index is 7.36. The molecule has 2 saturated heterocycles. The van der Waals surface area contributed by atoms with E-state index in [9.17, 15) is 0 Å². The minimum atomic E-state index is -0.348. The molecule has 0 saturated carbocycles. The van der Waals surface area contributed by atoms with Gasteiger partial charge in [-0.25, -0.2) is 11.5 Å². The third-order valence-electron chi connectivity index (χ3n) is 4.08. The van der Waals surface area contributed by atoms with Crippen LogP contribution in [0.5, 0.6) is 0 Å². The SMILES string of the molecule is [C-]#[N+]C1(N2CCN(Cc3ccccc3)CC2)COC1. The average Bonchev–Trinajstić information content (AvgIpc) is 2.41. The molecule has 0 aliphatic carbocycles. The van der Waals surface area contributed by atoms with Gasteiger partial charge in [0, 0.05) is 32.7 Å². The number of rotatable bonds is 3. The molecule has 4 heteroatoms. The van der Waals surface area contributed by atoms with Crippen molar-refractivity contribution in [1.82, 2.24) is 9.80 Å². The molecule has 100 valence electrons. The normalized spacial score (nSPS) is 23.5. The first kappa shape index (κ1) is 12.6. The molecule has 19 heavy (non-hydrogen) atoms. The zero-order valence-electron chi connectivity index (χ0n) is 11.1. The molecule has 1 aromatic carbocycles. The van der Waals surface area contributed by atoms with E-state index in [-0.39, 0.29) is 5.66 Å². The van der Waals surface area contributed by atoms with Crippen LogP contribution in [0.3, 0.4) is 0 Å². The Morgan fingerprint density at radius 1 is 1.11 bits per heavy atom. The van der Waals surface area contributed by atoms with E-state index in [4.69, 9.17) is 11.3 Å². The summed E-state index contributed by atoms with van der Waals surface area (Å²) in [7, 11) is 0. The van der Waals surface area contributed by atoms with Crippen LogP contribution in [0.25, 0.3) is 4.85 Å². The standard InChI is InChI=1S/C15H19N3O/c1-16-15(12-19-13-15)18-9-7-17(8-10-18)11-14-5-3-2-4-6-14/h2-6H,7-13H2. The number of benzene rings is 1. The summed E-state index contributed by atoms with van der Waals surface area (Å²) >= 11 is 0. The van der Waals surface area contributed by atoms with Crippen LogP contribution in [0, 0.1) is 6.57 Å². The van der Waals surface area contributed by atoms with Crippen molar-refractivity contribution in [2.45, 2.75) is 12.2 Å². The third-order valence-corrected chi connectivity index (χ3v) is 4.08. The van der Waals surface area contributed by atoms with Crippen LogP contribution >= 0.6 is 0 Å². The fourth-order valence-electron chi connectivity index (χ4n) is 2.77. The van der Waals surface area contributed by atoms with Gasteiger partial charge in [-0.15, -0.1) is 0 Å². The molecule has 2 aliphatic heterocycles. The monoisotopic (exact) mass is 257 g/mol. The Kier molecular flexibility index (Phi) is 3.52. The summed E-state index contributed by atoms with van der Waals surface area (Å²) in [6, 6.07) is 10.6. The summed E-state index contributed by atoms with van der Waals surface area (Å²) in [5, 5.41) is 0. The van der Waals surface area contributed by atoms with Gasteiger partial charge in [0.1, 0.15) is 13.2 Å². The second-order valence-corrected chi connectivity index (χ2v) is 5.34. The van der Waals surface area contributed by atoms with Crippen molar-refractivity contribution in [3.8, 4) is 0 Å². The van der Waals surface area contributed by atoms with Gasteiger partial charge in [-0.2, -0.15) is 0 Å². The molecule has 2 fully saturated rings. The fourth-order valence-corrected chi connectivity index (χ4v) is 2.77. The van der Waals surface area contributed by atoms with Gasteiger partial charge in [0.25, 0.3) is 0 Å². The first-order chi connectivity index (χ1) is 9.32. The molecule has 0 N–H and O–H groups in total. The Hall–Kier alpha value is -1.41. The first-order valence-electron chi connectivity index (χ1n) is 6.80. The Labute approximate surface area is 114 Å². The predicted octanol–water partition coefficient (Wildman–Crippen LogP) is 1.45. The summed E-state index contributed by atoms with van der Waals surface area (Å²) in [5.74, 6) is 0. The lowest BCUT2D eigenvalue weighted by molar-refractivity contribution is -0.125. The maximum absolute atomic E-state index is 7.36. The van der Waals surface area contributed by atoms with Crippen LogP contribution < -0.4 is 0 Å². The van der Waals surface area contributed by atoms with Crippen molar-refractivity contribution in [3.05, 3.63) is 47.3 Å². The Morgan fingerprint density at radius 3 is 2.32 bits per heavy atom. The highest BCUT2D eigenvalue weighted by atomic mass is 16.5. The zero-order chi connectivity index (χ0) is 13.1. The highest BCUT2D eigenvalue weighted by Crippen LogP contribution is 2.28. The topological polar surface area (TPSA) is 20.1 Å². The molecular formula is C15H19N3O. The molecular weight excluding hydrogens is 238 g/mol. The molecule has 0 bridgehead atoms. The summed E-state index contributed by atoms with van der Waals surface area (Å²) < 4.78 is 5.24. The van der Waals surface area contributed by atoms with Gasteiger partial charge in [-0.1, -0.05) is 30.3 Å². The van der Waals surface area contributed by atoms with Crippen molar-refractivity contribution < 1.29 is 4.74 Å². The van der Waals surface area contributed by atoms with E-state index in [1.807, 2.05) is 0 Å². The molecule has 3 rings (SSSR count). The van der Waals surface area contributed by atoms with E-state index in [1.54, 1.807) is 0 Å². The van der Waals surface area contributed by atoms with Gasteiger partial charge in [0.05, 0.1) is 0 Å². The van der Waals surface area contributed by atoms with E-state index < -0.39 is 0 Å². The van der Waals surface area contributed by atoms with Crippen LogP contribution in [0.15, 0.2) is 30.3 Å². The van der Waals surface area contributed by atoms with Crippen molar-refractivity contribution in [1.29, 1.82) is 0 Å². The average molecular weight is 257 g/mol. The van der Waals surface area contributed by atoms with E-state index in [0.717, 1.165) is 32.7 Å². The first-order valence-corrected chi connectivity index (χ1v) is 6.80. The van der Waals surface area contributed by atoms with E-state index >= 15 is 0 Å². The van der Waals surface area contributed by atoms with Crippen LogP contribution in [-0.4, -0.2) is 54.9 Å². The lowest BCUT2D eigenvalue weighted by Crippen LogP contribution is -2.64. The fraction of sp³-hybridized carbons (Fsp3) is 0.533. The molecule has 0 radical (unpaired) electrons. The molecule has 0 unspecified atom stereocenters. The largest absolute Gasteiger partial charge is 0.361 e. The quantitative estimate of drug-likeness (QED) is 0.764. The van der Waals surface area contributed by atoms with Crippen molar-refractivity contribution >= 4 is 0 Å². The molecule has 0 atom stereocenters. The van der Waals surface area contributed by atoms with Gasteiger partial charge >= 0.3 is 5.66 Å².